The van der Waals surface area contributed by atoms with Gasteiger partial charge in [-0.05, 0) is 48.8 Å². The maximum atomic E-state index is 13.1. The first kappa shape index (κ1) is 19.4. The third-order valence-corrected chi connectivity index (χ3v) is 7.55. The molecule has 2 atom stereocenters. The lowest BCUT2D eigenvalue weighted by Crippen LogP contribution is -2.54. The van der Waals surface area contributed by atoms with Crippen molar-refractivity contribution in [2.75, 3.05) is 45.9 Å². The van der Waals surface area contributed by atoms with Gasteiger partial charge in [-0.2, -0.15) is 0 Å². The van der Waals surface area contributed by atoms with E-state index in [-0.39, 0.29) is 0 Å². The summed E-state index contributed by atoms with van der Waals surface area (Å²) in [5, 5.41) is 0. The molecule has 0 bridgehead atoms. The summed E-state index contributed by atoms with van der Waals surface area (Å²) in [5.41, 5.74) is 2.74. The third kappa shape index (κ3) is 4.31. The van der Waals surface area contributed by atoms with Crippen LogP contribution in [0.2, 0.25) is 0 Å². The van der Waals surface area contributed by atoms with E-state index in [4.69, 9.17) is 4.74 Å². The maximum absolute atomic E-state index is 13.1. The fraction of sp³-hybridized carbons (Fsp3) is 0.708. The minimum absolute atomic E-state index is 0.383. The van der Waals surface area contributed by atoms with Crippen LogP contribution in [0.1, 0.15) is 49.7 Å². The Morgan fingerprint density at radius 1 is 0.966 bits per heavy atom. The zero-order valence-corrected chi connectivity index (χ0v) is 17.7. The summed E-state index contributed by atoms with van der Waals surface area (Å²) in [6, 6.07) is 7.19. The van der Waals surface area contributed by atoms with E-state index in [1.54, 1.807) is 0 Å². The zero-order valence-electron chi connectivity index (χ0n) is 17.7. The molecule has 5 heteroatoms. The molecule has 3 heterocycles. The van der Waals surface area contributed by atoms with Crippen LogP contribution in [0.4, 0.5) is 0 Å². The molecule has 1 saturated carbocycles. The number of carbonyl (C=O) groups is 1. The minimum atomic E-state index is 0.383. The van der Waals surface area contributed by atoms with Crippen molar-refractivity contribution in [3.63, 3.8) is 0 Å². The number of piperidine rings is 1. The fourth-order valence-corrected chi connectivity index (χ4v) is 5.92. The number of ether oxygens (including phenoxy) is 1. The molecule has 2 saturated heterocycles. The first-order valence-corrected chi connectivity index (χ1v) is 11.7. The lowest BCUT2D eigenvalue weighted by molar-refractivity contribution is -0.139. The zero-order chi connectivity index (χ0) is 19.6. The van der Waals surface area contributed by atoms with Crippen molar-refractivity contribution in [1.82, 2.24) is 14.7 Å². The van der Waals surface area contributed by atoms with Crippen molar-refractivity contribution >= 4 is 5.91 Å². The molecule has 3 aliphatic heterocycles. The average Bonchev–Trinajstić information content (AvgIpc) is 3.22. The number of hydrogen-bond donors (Lipinski definition) is 0. The molecule has 4 aliphatic rings. The topological polar surface area (TPSA) is 36.0 Å². The van der Waals surface area contributed by atoms with E-state index in [2.05, 4.69) is 32.9 Å². The summed E-state index contributed by atoms with van der Waals surface area (Å²) in [6.45, 7) is 7.54. The van der Waals surface area contributed by atoms with E-state index in [1.165, 1.54) is 49.7 Å². The van der Waals surface area contributed by atoms with Gasteiger partial charge < -0.3 is 9.64 Å². The summed E-state index contributed by atoms with van der Waals surface area (Å²) in [6.07, 6.45) is 8.81. The molecule has 1 aromatic carbocycles. The van der Waals surface area contributed by atoms with Crippen LogP contribution in [0.5, 0.6) is 5.75 Å². The molecule has 0 aromatic heterocycles. The van der Waals surface area contributed by atoms with Crippen molar-refractivity contribution in [2.24, 2.45) is 5.92 Å². The van der Waals surface area contributed by atoms with E-state index < -0.39 is 0 Å². The van der Waals surface area contributed by atoms with Crippen LogP contribution < -0.4 is 4.74 Å². The average molecular weight is 398 g/mol. The van der Waals surface area contributed by atoms with Crippen molar-refractivity contribution in [3.8, 4) is 5.75 Å². The molecule has 2 unspecified atom stereocenters. The van der Waals surface area contributed by atoms with Crippen LogP contribution in [0.15, 0.2) is 18.2 Å². The van der Waals surface area contributed by atoms with Gasteiger partial charge in [0, 0.05) is 51.7 Å². The summed E-state index contributed by atoms with van der Waals surface area (Å²) >= 11 is 0. The molecule has 1 amide bonds. The molecule has 1 aliphatic carbocycles. The third-order valence-electron chi connectivity index (χ3n) is 7.55. The maximum Gasteiger partial charge on any atom is 0.237 e. The molecule has 3 fully saturated rings. The largest absolute Gasteiger partial charge is 0.493 e. The van der Waals surface area contributed by atoms with Gasteiger partial charge in [0.15, 0.2) is 0 Å². The van der Waals surface area contributed by atoms with E-state index in [0.717, 1.165) is 64.0 Å². The number of likely N-dealkylation sites (tertiary alicyclic amines) is 1. The van der Waals surface area contributed by atoms with Gasteiger partial charge in [-0.25, -0.2) is 0 Å². The number of nitrogens with zero attached hydrogens (tertiary/aromatic N) is 3. The van der Waals surface area contributed by atoms with Crippen LogP contribution in [-0.4, -0.2) is 72.5 Å². The van der Waals surface area contributed by atoms with Crippen molar-refractivity contribution < 1.29 is 9.53 Å². The van der Waals surface area contributed by atoms with Gasteiger partial charge in [0.25, 0.3) is 0 Å². The van der Waals surface area contributed by atoms with Crippen molar-refractivity contribution in [1.29, 1.82) is 0 Å². The highest BCUT2D eigenvalue weighted by atomic mass is 16.5. The summed E-state index contributed by atoms with van der Waals surface area (Å²) < 4.78 is 5.62. The first-order valence-electron chi connectivity index (χ1n) is 11.7. The highest BCUT2D eigenvalue weighted by Crippen LogP contribution is 2.35. The summed E-state index contributed by atoms with van der Waals surface area (Å²) in [4.78, 5) is 20.2. The second-order valence-corrected chi connectivity index (χ2v) is 9.43. The fourth-order valence-electron chi connectivity index (χ4n) is 5.92. The van der Waals surface area contributed by atoms with Crippen LogP contribution >= 0.6 is 0 Å². The molecule has 0 N–H and O–H groups in total. The quantitative estimate of drug-likeness (QED) is 0.783. The van der Waals surface area contributed by atoms with Gasteiger partial charge >= 0.3 is 0 Å². The van der Waals surface area contributed by atoms with Gasteiger partial charge in [-0.1, -0.05) is 25.0 Å². The Morgan fingerprint density at radius 3 is 2.66 bits per heavy atom. The lowest BCUT2D eigenvalue weighted by Gasteiger charge is -2.45. The van der Waals surface area contributed by atoms with E-state index in [9.17, 15) is 4.79 Å². The second kappa shape index (κ2) is 8.65. The number of rotatable bonds is 4. The molecular formula is C24H35N3O2. The van der Waals surface area contributed by atoms with Gasteiger partial charge in [-0.3, -0.25) is 14.6 Å². The first-order chi connectivity index (χ1) is 14.3. The number of amides is 1. The normalized spacial score (nSPS) is 27.9. The Morgan fingerprint density at radius 2 is 1.76 bits per heavy atom. The highest BCUT2D eigenvalue weighted by molar-refractivity contribution is 5.78. The Hall–Kier alpha value is -1.59. The lowest BCUT2D eigenvalue weighted by atomic mass is 9.78. The predicted molar refractivity (Wildman–Crippen MR) is 114 cm³/mol. The number of fused-ring (bicyclic) bond motifs is 2. The molecular weight excluding hydrogens is 362 g/mol. The molecule has 0 spiro atoms. The molecule has 29 heavy (non-hydrogen) atoms. The molecule has 5 nitrogen and oxygen atoms in total. The molecule has 0 radical (unpaired) electrons. The van der Waals surface area contributed by atoms with E-state index in [1.807, 2.05) is 0 Å². The molecule has 1 aromatic rings. The van der Waals surface area contributed by atoms with Crippen molar-refractivity contribution in [3.05, 3.63) is 29.3 Å². The highest BCUT2D eigenvalue weighted by Gasteiger charge is 2.36. The van der Waals surface area contributed by atoms with Crippen LogP contribution in [0.3, 0.4) is 0 Å². The standard InChI is InChI=1S/C24H35N3O2/c28-24(27-10-3-5-20-4-1-2-6-22(20)27)18-26-13-11-25(12-14-26)17-19-7-8-23-21(16-19)9-15-29-23/h7-8,16,20,22H,1-6,9-15,17-18H2. The Kier molecular flexibility index (Phi) is 5.78. The molecule has 158 valence electrons. The Labute approximate surface area is 175 Å². The predicted octanol–water partition coefficient (Wildman–Crippen LogP) is 2.92. The van der Waals surface area contributed by atoms with Gasteiger partial charge in [0.2, 0.25) is 5.91 Å². The molecule has 5 rings (SSSR count). The number of hydrogen-bond acceptors (Lipinski definition) is 4. The van der Waals surface area contributed by atoms with E-state index >= 15 is 0 Å². The SMILES string of the molecule is O=C(CN1CCN(Cc2ccc3c(c2)CCO3)CC1)N1CCCC2CCCCC21. The smallest absolute Gasteiger partial charge is 0.237 e. The minimum Gasteiger partial charge on any atom is -0.493 e. The monoisotopic (exact) mass is 397 g/mol. The summed E-state index contributed by atoms with van der Waals surface area (Å²) in [5.74, 6) is 2.22. The van der Waals surface area contributed by atoms with Crippen LogP contribution in [-0.2, 0) is 17.8 Å². The Balaban J connectivity index is 1.11. The Bertz CT molecular complexity index is 727. The number of benzene rings is 1. The van der Waals surface area contributed by atoms with Gasteiger partial charge in [-0.15, -0.1) is 0 Å². The summed E-state index contributed by atoms with van der Waals surface area (Å²) in [7, 11) is 0. The second-order valence-electron chi connectivity index (χ2n) is 9.43. The van der Waals surface area contributed by atoms with Crippen LogP contribution in [0.25, 0.3) is 0 Å². The number of carbonyl (C=O) groups excluding carboxylic acids is 1. The van der Waals surface area contributed by atoms with E-state index in [0.29, 0.717) is 18.5 Å². The van der Waals surface area contributed by atoms with Gasteiger partial charge in [0.05, 0.1) is 13.2 Å². The van der Waals surface area contributed by atoms with Crippen LogP contribution in [0, 0.1) is 5.92 Å². The van der Waals surface area contributed by atoms with Gasteiger partial charge in [0.1, 0.15) is 5.75 Å². The number of piperazine rings is 1. The van der Waals surface area contributed by atoms with Crippen molar-refractivity contribution in [2.45, 2.75) is 57.5 Å².